The van der Waals surface area contributed by atoms with Crippen LogP contribution in [0.1, 0.15) is 5.56 Å². The molecule has 2 fully saturated rings. The molecule has 1 amide bonds. The number of fused-ring (bicyclic) bond motifs is 1. The number of amides is 1. The highest BCUT2D eigenvalue weighted by atomic mass is 79.9. The van der Waals surface area contributed by atoms with Crippen LogP contribution < -0.4 is 9.80 Å². The lowest BCUT2D eigenvalue weighted by Crippen LogP contribution is -2.48. The van der Waals surface area contributed by atoms with Crippen molar-refractivity contribution in [2.45, 2.75) is 6.54 Å². The van der Waals surface area contributed by atoms with Gasteiger partial charge in [-0.3, -0.25) is 9.88 Å². The second kappa shape index (κ2) is 10.6. The molecule has 1 aromatic carbocycles. The van der Waals surface area contributed by atoms with E-state index in [0.29, 0.717) is 26.2 Å². The van der Waals surface area contributed by atoms with E-state index >= 15 is 0 Å². The number of rotatable bonds is 5. The van der Waals surface area contributed by atoms with Gasteiger partial charge in [-0.15, -0.1) is 0 Å². The Balaban J connectivity index is 1.17. The van der Waals surface area contributed by atoms with E-state index in [9.17, 15) is 9.90 Å². The van der Waals surface area contributed by atoms with Crippen LogP contribution in [0.4, 0.5) is 16.2 Å². The lowest BCUT2D eigenvalue weighted by molar-refractivity contribution is 0.142. The first-order chi connectivity index (χ1) is 18.5. The summed E-state index contributed by atoms with van der Waals surface area (Å²) in [6, 6.07) is 12.4. The number of piperazine rings is 2. The Hall–Kier alpha value is -3.70. The number of aromatic nitrogens is 4. The van der Waals surface area contributed by atoms with Gasteiger partial charge in [-0.1, -0.05) is 6.07 Å². The number of hydrogen-bond donors (Lipinski definition) is 2. The maximum Gasteiger partial charge on any atom is 0.407 e. The molecule has 6 rings (SSSR count). The molecule has 0 aliphatic carbocycles. The summed E-state index contributed by atoms with van der Waals surface area (Å²) in [4.78, 5) is 36.9. The van der Waals surface area contributed by atoms with Crippen molar-refractivity contribution < 1.29 is 9.90 Å². The van der Waals surface area contributed by atoms with Crippen LogP contribution in [0.3, 0.4) is 0 Å². The van der Waals surface area contributed by atoms with Crippen LogP contribution in [-0.2, 0) is 6.54 Å². The Morgan fingerprint density at radius 3 is 2.37 bits per heavy atom. The predicted octanol–water partition coefficient (Wildman–Crippen LogP) is 3.90. The lowest BCUT2D eigenvalue weighted by Gasteiger charge is -2.36. The van der Waals surface area contributed by atoms with E-state index in [1.807, 2.05) is 24.7 Å². The minimum absolute atomic E-state index is 0.516. The Labute approximate surface area is 229 Å². The second-order valence-electron chi connectivity index (χ2n) is 9.67. The van der Waals surface area contributed by atoms with E-state index < -0.39 is 6.09 Å². The van der Waals surface area contributed by atoms with E-state index in [1.54, 1.807) is 0 Å². The fraction of sp³-hybridized carbons (Fsp3) is 0.333. The Kier molecular flexibility index (Phi) is 6.86. The molecule has 4 aromatic rings. The zero-order valence-electron chi connectivity index (χ0n) is 20.9. The van der Waals surface area contributed by atoms with Crippen molar-refractivity contribution in [3.63, 3.8) is 0 Å². The van der Waals surface area contributed by atoms with Gasteiger partial charge in [-0.05, 0) is 51.8 Å². The number of carboxylic acid groups (broad SMARTS) is 1. The number of imidazole rings is 1. The summed E-state index contributed by atoms with van der Waals surface area (Å²) < 4.78 is 0.944. The number of H-pyrrole nitrogens is 1. The molecule has 0 spiro atoms. The molecule has 2 N–H and O–H groups in total. The molecule has 10 nitrogen and oxygen atoms in total. The van der Waals surface area contributed by atoms with Crippen molar-refractivity contribution in [1.29, 1.82) is 0 Å². The van der Waals surface area contributed by atoms with Gasteiger partial charge in [-0.2, -0.15) is 0 Å². The fourth-order valence-corrected chi connectivity index (χ4v) is 5.76. The summed E-state index contributed by atoms with van der Waals surface area (Å²) in [5, 5.41) is 9.19. The average molecular weight is 577 g/mol. The van der Waals surface area contributed by atoms with Crippen LogP contribution in [-0.4, -0.2) is 93.3 Å². The summed E-state index contributed by atoms with van der Waals surface area (Å²) in [7, 11) is 0. The third kappa shape index (κ3) is 5.03. The molecular formula is C27H29BrN8O2. The van der Waals surface area contributed by atoms with Gasteiger partial charge in [0.25, 0.3) is 0 Å². The van der Waals surface area contributed by atoms with Crippen molar-refractivity contribution >= 4 is 44.6 Å². The minimum atomic E-state index is -0.851. The number of halogens is 1. The van der Waals surface area contributed by atoms with E-state index in [2.05, 4.69) is 75.9 Å². The molecule has 196 valence electrons. The second-order valence-corrected chi connectivity index (χ2v) is 10.5. The molecule has 0 saturated carbocycles. The van der Waals surface area contributed by atoms with Gasteiger partial charge in [0.2, 0.25) is 0 Å². The number of pyridine rings is 2. The SMILES string of the molecule is O=C(O)N1CCN(c2ccc(-c3nc4c(N5CCN(Cc6cccnc6)CC5)c(Br)cnc4[nH]3)cc2)CC1. The summed E-state index contributed by atoms with van der Waals surface area (Å²) >= 11 is 3.73. The third-order valence-corrected chi connectivity index (χ3v) is 7.90. The first-order valence-corrected chi connectivity index (χ1v) is 13.6. The van der Waals surface area contributed by atoms with Gasteiger partial charge in [0, 0.05) is 88.7 Å². The maximum atomic E-state index is 11.2. The van der Waals surface area contributed by atoms with Crippen LogP contribution >= 0.6 is 15.9 Å². The van der Waals surface area contributed by atoms with Gasteiger partial charge < -0.3 is 24.8 Å². The largest absolute Gasteiger partial charge is 0.465 e. The van der Waals surface area contributed by atoms with Crippen molar-refractivity contribution in [1.82, 2.24) is 29.7 Å². The molecule has 3 aromatic heterocycles. The number of hydrogen-bond acceptors (Lipinski definition) is 7. The average Bonchev–Trinajstić information content (AvgIpc) is 3.39. The topological polar surface area (TPSA) is 105 Å². The van der Waals surface area contributed by atoms with Gasteiger partial charge in [0.05, 0.1) is 10.2 Å². The minimum Gasteiger partial charge on any atom is -0.465 e. The molecule has 5 heterocycles. The summed E-state index contributed by atoms with van der Waals surface area (Å²) in [6.07, 6.45) is 4.75. The molecule has 0 radical (unpaired) electrons. The van der Waals surface area contributed by atoms with Crippen LogP contribution in [0.2, 0.25) is 0 Å². The van der Waals surface area contributed by atoms with Crippen molar-refractivity contribution in [3.8, 4) is 11.4 Å². The van der Waals surface area contributed by atoms with Gasteiger partial charge in [0.15, 0.2) is 5.65 Å². The van der Waals surface area contributed by atoms with Gasteiger partial charge in [0.1, 0.15) is 11.3 Å². The van der Waals surface area contributed by atoms with Crippen LogP contribution in [0.5, 0.6) is 0 Å². The first kappa shape index (κ1) is 24.6. The number of benzene rings is 1. The monoisotopic (exact) mass is 576 g/mol. The van der Waals surface area contributed by atoms with E-state index in [-0.39, 0.29) is 0 Å². The van der Waals surface area contributed by atoms with E-state index in [0.717, 1.165) is 71.1 Å². The molecule has 0 bridgehead atoms. The van der Waals surface area contributed by atoms with Crippen molar-refractivity contribution in [2.24, 2.45) is 0 Å². The predicted molar refractivity (Wildman–Crippen MR) is 151 cm³/mol. The van der Waals surface area contributed by atoms with E-state index in [1.165, 1.54) is 10.5 Å². The molecule has 0 atom stereocenters. The fourth-order valence-electron chi connectivity index (χ4n) is 5.22. The molecule has 11 heteroatoms. The molecule has 2 aliphatic rings. The molecule has 0 unspecified atom stereocenters. The van der Waals surface area contributed by atoms with Crippen molar-refractivity contribution in [3.05, 3.63) is 65.0 Å². The van der Waals surface area contributed by atoms with E-state index in [4.69, 9.17) is 4.98 Å². The third-order valence-electron chi connectivity index (χ3n) is 7.32. The molecule has 2 saturated heterocycles. The highest BCUT2D eigenvalue weighted by molar-refractivity contribution is 9.10. The quantitative estimate of drug-likeness (QED) is 0.368. The normalized spacial score (nSPS) is 16.8. The standard InChI is InChI=1S/C27H29BrN8O2/c28-22-17-30-26-23(24(22)35-10-8-33(9-11-35)18-19-2-1-7-29-16-19)31-25(32-26)20-3-5-21(6-4-20)34-12-14-36(15-13-34)27(37)38/h1-7,16-17H,8-15,18H2,(H,37,38)(H,30,31,32). The number of aromatic amines is 1. The number of anilines is 2. The van der Waals surface area contributed by atoms with Crippen molar-refractivity contribution in [2.75, 3.05) is 62.2 Å². The summed E-state index contributed by atoms with van der Waals surface area (Å²) in [5.41, 5.74) is 6.01. The number of carbonyl (C=O) groups is 1. The maximum absolute atomic E-state index is 11.2. The summed E-state index contributed by atoms with van der Waals surface area (Å²) in [5.74, 6) is 0.782. The molecule has 38 heavy (non-hydrogen) atoms. The van der Waals surface area contributed by atoms with Crippen LogP contribution in [0, 0.1) is 0 Å². The Bertz CT molecular complexity index is 1410. The van der Waals surface area contributed by atoms with Crippen LogP contribution in [0.25, 0.3) is 22.6 Å². The Morgan fingerprint density at radius 1 is 0.947 bits per heavy atom. The highest BCUT2D eigenvalue weighted by Crippen LogP contribution is 2.34. The zero-order valence-corrected chi connectivity index (χ0v) is 22.5. The first-order valence-electron chi connectivity index (χ1n) is 12.8. The molecule has 2 aliphatic heterocycles. The lowest BCUT2D eigenvalue weighted by atomic mass is 10.1. The highest BCUT2D eigenvalue weighted by Gasteiger charge is 2.24. The zero-order chi connectivity index (χ0) is 26.1. The molecular weight excluding hydrogens is 548 g/mol. The number of nitrogens with zero attached hydrogens (tertiary/aromatic N) is 7. The van der Waals surface area contributed by atoms with Gasteiger partial charge >= 0.3 is 6.09 Å². The smallest absolute Gasteiger partial charge is 0.407 e. The number of nitrogens with one attached hydrogen (secondary N) is 1. The van der Waals surface area contributed by atoms with Gasteiger partial charge in [-0.25, -0.2) is 14.8 Å². The summed E-state index contributed by atoms with van der Waals surface area (Å²) in [6.45, 7) is 7.05. The van der Waals surface area contributed by atoms with Crippen LogP contribution in [0.15, 0.2) is 59.5 Å². The Morgan fingerprint density at radius 2 is 1.68 bits per heavy atom.